The number of nitrogens with two attached hydrogens (primary N) is 1. The number of nitrogen functional groups attached to an aromatic ring is 1. The predicted molar refractivity (Wildman–Crippen MR) is 77.8 cm³/mol. The Kier molecular flexibility index (Phi) is 3.91. The molecule has 1 atom stereocenters. The van der Waals surface area contributed by atoms with Crippen LogP contribution in [0.15, 0.2) is 12.7 Å². The van der Waals surface area contributed by atoms with Crippen molar-refractivity contribution in [2.75, 3.05) is 16.9 Å². The summed E-state index contributed by atoms with van der Waals surface area (Å²) in [4.78, 5) is 19.3. The zero-order valence-electron chi connectivity index (χ0n) is 12.0. The standard InChI is InChI=1S/C12H19N9/c1-2-9-5-3-4-6-20(9)11-16-10(19-13)17-12(18-11)21-8-14-7-15-21/h7-9H,2-6,13H2,1H3,(H,16,17,18,19). The highest BCUT2D eigenvalue weighted by Gasteiger charge is 2.24. The van der Waals surface area contributed by atoms with Crippen LogP contribution in [0.1, 0.15) is 32.6 Å². The van der Waals surface area contributed by atoms with Gasteiger partial charge in [-0.05, 0) is 25.7 Å². The molecule has 2 aromatic rings. The van der Waals surface area contributed by atoms with Crippen LogP contribution in [0.2, 0.25) is 0 Å². The lowest BCUT2D eigenvalue weighted by Crippen LogP contribution is -2.40. The molecule has 0 radical (unpaired) electrons. The fourth-order valence-electron chi connectivity index (χ4n) is 2.65. The van der Waals surface area contributed by atoms with E-state index in [1.54, 1.807) is 6.33 Å². The summed E-state index contributed by atoms with van der Waals surface area (Å²) >= 11 is 0. The van der Waals surface area contributed by atoms with E-state index in [4.69, 9.17) is 5.84 Å². The van der Waals surface area contributed by atoms with Crippen LogP contribution >= 0.6 is 0 Å². The molecule has 3 rings (SSSR count). The van der Waals surface area contributed by atoms with Crippen molar-refractivity contribution in [1.29, 1.82) is 0 Å². The Labute approximate surface area is 122 Å². The number of hydrazine groups is 1. The van der Waals surface area contributed by atoms with Gasteiger partial charge >= 0.3 is 0 Å². The Morgan fingerprint density at radius 1 is 1.29 bits per heavy atom. The SMILES string of the molecule is CCC1CCCCN1c1nc(NN)nc(-n2cncn2)n1. The fourth-order valence-corrected chi connectivity index (χ4v) is 2.65. The molecule has 1 aliphatic rings. The lowest BCUT2D eigenvalue weighted by Gasteiger charge is -2.35. The van der Waals surface area contributed by atoms with Gasteiger partial charge in [-0.3, -0.25) is 5.43 Å². The molecule has 21 heavy (non-hydrogen) atoms. The van der Waals surface area contributed by atoms with Crippen molar-refractivity contribution in [3.05, 3.63) is 12.7 Å². The maximum Gasteiger partial charge on any atom is 0.258 e. The van der Waals surface area contributed by atoms with Crippen LogP contribution in [0.5, 0.6) is 0 Å². The van der Waals surface area contributed by atoms with Gasteiger partial charge in [-0.25, -0.2) is 10.8 Å². The maximum atomic E-state index is 5.47. The van der Waals surface area contributed by atoms with Gasteiger partial charge in [0.15, 0.2) is 0 Å². The number of nitrogens with one attached hydrogen (secondary N) is 1. The van der Waals surface area contributed by atoms with Crippen LogP contribution in [-0.2, 0) is 0 Å². The van der Waals surface area contributed by atoms with E-state index in [2.05, 4.69) is 42.3 Å². The Bertz CT molecular complexity index is 582. The van der Waals surface area contributed by atoms with E-state index in [0.717, 1.165) is 25.8 Å². The minimum absolute atomic E-state index is 0.325. The van der Waals surface area contributed by atoms with Crippen molar-refractivity contribution in [3.63, 3.8) is 0 Å². The largest absolute Gasteiger partial charge is 0.338 e. The minimum atomic E-state index is 0.325. The van der Waals surface area contributed by atoms with Gasteiger partial charge in [0.05, 0.1) is 0 Å². The third-order valence-electron chi connectivity index (χ3n) is 3.72. The second-order valence-electron chi connectivity index (χ2n) is 4.99. The molecule has 9 heteroatoms. The Morgan fingerprint density at radius 2 is 2.14 bits per heavy atom. The van der Waals surface area contributed by atoms with Gasteiger partial charge in [0.1, 0.15) is 12.7 Å². The van der Waals surface area contributed by atoms with Crippen LogP contribution in [-0.4, -0.2) is 42.3 Å². The molecule has 0 bridgehead atoms. The molecule has 9 nitrogen and oxygen atoms in total. The smallest absolute Gasteiger partial charge is 0.258 e. The number of anilines is 2. The summed E-state index contributed by atoms with van der Waals surface area (Å²) in [6.07, 6.45) is 7.61. The monoisotopic (exact) mass is 289 g/mol. The Balaban J connectivity index is 1.99. The average molecular weight is 289 g/mol. The highest BCUT2D eigenvalue weighted by Crippen LogP contribution is 2.24. The molecule has 2 aromatic heterocycles. The molecule has 3 heterocycles. The van der Waals surface area contributed by atoms with Crippen molar-refractivity contribution in [2.24, 2.45) is 5.84 Å². The molecule has 0 aliphatic carbocycles. The first-order valence-electron chi connectivity index (χ1n) is 7.16. The average Bonchev–Trinajstić information content (AvgIpc) is 3.09. The molecule has 1 aliphatic heterocycles. The normalized spacial score (nSPS) is 18.8. The highest BCUT2D eigenvalue weighted by molar-refractivity contribution is 5.40. The van der Waals surface area contributed by atoms with E-state index >= 15 is 0 Å². The Morgan fingerprint density at radius 3 is 2.86 bits per heavy atom. The summed E-state index contributed by atoms with van der Waals surface area (Å²) in [5.41, 5.74) is 2.49. The first-order valence-corrected chi connectivity index (χ1v) is 7.16. The van der Waals surface area contributed by atoms with Crippen molar-refractivity contribution in [2.45, 2.75) is 38.6 Å². The van der Waals surface area contributed by atoms with Crippen LogP contribution < -0.4 is 16.2 Å². The van der Waals surface area contributed by atoms with Crippen LogP contribution in [0.3, 0.4) is 0 Å². The molecule has 0 spiro atoms. The molecule has 1 unspecified atom stereocenters. The zero-order chi connectivity index (χ0) is 14.7. The first-order chi connectivity index (χ1) is 10.3. The molecular weight excluding hydrogens is 270 g/mol. The van der Waals surface area contributed by atoms with E-state index in [1.165, 1.54) is 17.4 Å². The van der Waals surface area contributed by atoms with Gasteiger partial charge in [0, 0.05) is 12.6 Å². The van der Waals surface area contributed by atoms with E-state index < -0.39 is 0 Å². The fraction of sp³-hybridized carbons (Fsp3) is 0.583. The zero-order valence-corrected chi connectivity index (χ0v) is 12.0. The van der Waals surface area contributed by atoms with Crippen molar-refractivity contribution >= 4 is 11.9 Å². The van der Waals surface area contributed by atoms with Crippen LogP contribution in [0.4, 0.5) is 11.9 Å². The number of nitrogens with zero attached hydrogens (tertiary/aromatic N) is 7. The van der Waals surface area contributed by atoms with Gasteiger partial charge in [-0.2, -0.15) is 24.7 Å². The number of aromatic nitrogens is 6. The lowest BCUT2D eigenvalue weighted by atomic mass is 10.0. The van der Waals surface area contributed by atoms with Crippen molar-refractivity contribution in [1.82, 2.24) is 29.7 Å². The summed E-state index contributed by atoms with van der Waals surface area (Å²) in [7, 11) is 0. The third-order valence-corrected chi connectivity index (χ3v) is 3.72. The molecular formula is C12H19N9. The number of piperidine rings is 1. The van der Waals surface area contributed by atoms with Gasteiger partial charge in [-0.1, -0.05) is 6.92 Å². The molecule has 3 N–H and O–H groups in total. The Hall–Kier alpha value is -2.29. The van der Waals surface area contributed by atoms with Crippen molar-refractivity contribution in [3.8, 4) is 5.95 Å². The van der Waals surface area contributed by atoms with Crippen LogP contribution in [0.25, 0.3) is 5.95 Å². The lowest BCUT2D eigenvalue weighted by molar-refractivity contribution is 0.442. The van der Waals surface area contributed by atoms with E-state index in [-0.39, 0.29) is 0 Å². The molecule has 0 saturated carbocycles. The van der Waals surface area contributed by atoms with E-state index in [1.807, 2.05) is 0 Å². The molecule has 0 aromatic carbocycles. The second-order valence-corrected chi connectivity index (χ2v) is 4.99. The summed E-state index contributed by atoms with van der Waals surface area (Å²) in [6.45, 7) is 3.13. The predicted octanol–water partition coefficient (Wildman–Crippen LogP) is 0.507. The van der Waals surface area contributed by atoms with Gasteiger partial charge in [-0.15, -0.1) is 0 Å². The molecule has 1 fully saturated rings. The van der Waals surface area contributed by atoms with Crippen LogP contribution in [0, 0.1) is 0 Å². The van der Waals surface area contributed by atoms with Gasteiger partial charge in [0.2, 0.25) is 11.9 Å². The minimum Gasteiger partial charge on any atom is -0.338 e. The topological polar surface area (TPSA) is 111 Å². The first kappa shape index (κ1) is 13.7. The van der Waals surface area contributed by atoms with Gasteiger partial charge in [0.25, 0.3) is 5.95 Å². The summed E-state index contributed by atoms with van der Waals surface area (Å²) in [5.74, 6) is 6.84. The number of rotatable bonds is 4. The number of hydrogen-bond donors (Lipinski definition) is 2. The third kappa shape index (κ3) is 2.77. The van der Waals surface area contributed by atoms with Gasteiger partial charge < -0.3 is 4.90 Å². The molecule has 1 saturated heterocycles. The molecule has 112 valence electrons. The summed E-state index contributed by atoms with van der Waals surface area (Å²) < 4.78 is 1.50. The summed E-state index contributed by atoms with van der Waals surface area (Å²) in [5, 5.41) is 4.05. The summed E-state index contributed by atoms with van der Waals surface area (Å²) in [6, 6.07) is 0.454. The molecule has 0 amide bonds. The number of hydrogen-bond acceptors (Lipinski definition) is 8. The second kappa shape index (κ2) is 6.00. The highest BCUT2D eigenvalue weighted by atomic mass is 15.4. The maximum absolute atomic E-state index is 5.47. The van der Waals surface area contributed by atoms with E-state index in [9.17, 15) is 0 Å². The van der Waals surface area contributed by atoms with Crippen molar-refractivity contribution < 1.29 is 0 Å². The quantitative estimate of drug-likeness (QED) is 0.618. The van der Waals surface area contributed by atoms with E-state index in [0.29, 0.717) is 23.9 Å².